The first-order chi connectivity index (χ1) is 8.76. The minimum Gasteiger partial charge on any atom is -0.478 e. The number of nitrogens with zero attached hydrogens (tertiary/aromatic N) is 1. The maximum Gasteiger partial charge on any atom is 0.328 e. The van der Waals surface area contributed by atoms with Gasteiger partial charge in [0.05, 0.1) is 5.75 Å². The van der Waals surface area contributed by atoms with E-state index in [1.807, 2.05) is 24.1 Å². The van der Waals surface area contributed by atoms with E-state index in [0.717, 1.165) is 15.8 Å². The number of rotatable bonds is 7. The molecule has 0 unspecified atom stereocenters. The van der Waals surface area contributed by atoms with Gasteiger partial charge in [-0.3, -0.25) is 0 Å². The van der Waals surface area contributed by atoms with Crippen molar-refractivity contribution in [3.8, 4) is 0 Å². The van der Waals surface area contributed by atoms with Gasteiger partial charge >= 0.3 is 5.97 Å². The second kappa shape index (κ2) is 6.83. The van der Waals surface area contributed by atoms with Gasteiger partial charge < -0.3 is 10.0 Å². The predicted molar refractivity (Wildman–Crippen MR) is 77.0 cm³/mol. The van der Waals surface area contributed by atoms with Crippen molar-refractivity contribution in [1.82, 2.24) is 4.90 Å². The number of carboxylic acids is 1. The highest BCUT2D eigenvalue weighted by molar-refractivity contribution is 7.90. The molecule has 0 saturated heterocycles. The quantitative estimate of drug-likeness (QED) is 0.769. The molecular formula is C12H17NO4S2. The summed E-state index contributed by atoms with van der Waals surface area (Å²) in [4.78, 5) is 14.3. The van der Waals surface area contributed by atoms with Crippen molar-refractivity contribution in [1.29, 1.82) is 0 Å². The standard InChI is InChI=1S/C12H17NO4S2/c1-13(7-8-19(2,16)17)9-11-4-3-10(18-11)5-6-12(14)15/h3-6H,7-9H2,1-2H3,(H,14,15). The zero-order chi connectivity index (χ0) is 14.5. The van der Waals surface area contributed by atoms with Crippen molar-refractivity contribution >= 4 is 33.2 Å². The molecule has 1 rings (SSSR count). The first kappa shape index (κ1) is 15.9. The fourth-order valence-corrected chi connectivity index (χ4v) is 3.03. The lowest BCUT2D eigenvalue weighted by atomic mass is 10.4. The Hall–Kier alpha value is -1.18. The smallest absolute Gasteiger partial charge is 0.328 e. The molecule has 5 nitrogen and oxygen atoms in total. The third kappa shape index (κ3) is 7.09. The maximum atomic E-state index is 11.1. The van der Waals surface area contributed by atoms with Crippen LogP contribution in [0.25, 0.3) is 6.08 Å². The summed E-state index contributed by atoms with van der Waals surface area (Å²) in [5.41, 5.74) is 0. The van der Waals surface area contributed by atoms with Crippen molar-refractivity contribution in [2.75, 3.05) is 25.6 Å². The molecule has 0 fully saturated rings. The molecule has 1 N–H and O–H groups in total. The average molecular weight is 303 g/mol. The van der Waals surface area contributed by atoms with Crippen LogP contribution in [0.3, 0.4) is 0 Å². The van der Waals surface area contributed by atoms with Crippen molar-refractivity contribution in [2.24, 2.45) is 0 Å². The number of sulfone groups is 1. The van der Waals surface area contributed by atoms with Crippen LogP contribution in [0.4, 0.5) is 0 Å². The fourth-order valence-electron chi connectivity index (χ4n) is 1.39. The molecule has 1 heterocycles. The molecule has 0 aliphatic carbocycles. The highest BCUT2D eigenvalue weighted by Gasteiger charge is 2.07. The van der Waals surface area contributed by atoms with Crippen molar-refractivity contribution in [2.45, 2.75) is 6.54 Å². The molecular weight excluding hydrogens is 286 g/mol. The Morgan fingerprint density at radius 3 is 2.74 bits per heavy atom. The molecule has 0 amide bonds. The van der Waals surface area contributed by atoms with Crippen LogP contribution < -0.4 is 0 Å². The molecule has 0 atom stereocenters. The first-order valence-corrected chi connectivity index (χ1v) is 8.50. The number of thiophene rings is 1. The van der Waals surface area contributed by atoms with Crippen LogP contribution in [-0.4, -0.2) is 50.0 Å². The van der Waals surface area contributed by atoms with Gasteiger partial charge in [0.1, 0.15) is 9.84 Å². The third-order valence-electron chi connectivity index (χ3n) is 2.34. The van der Waals surface area contributed by atoms with Crippen LogP contribution >= 0.6 is 11.3 Å². The highest BCUT2D eigenvalue weighted by atomic mass is 32.2. The summed E-state index contributed by atoms with van der Waals surface area (Å²) >= 11 is 1.50. The molecule has 7 heteroatoms. The SMILES string of the molecule is CN(CCS(C)(=O)=O)Cc1ccc(C=CC(=O)O)s1. The zero-order valence-electron chi connectivity index (χ0n) is 10.9. The van der Waals surface area contributed by atoms with Crippen LogP contribution in [0.5, 0.6) is 0 Å². The second-order valence-electron chi connectivity index (χ2n) is 4.34. The summed E-state index contributed by atoms with van der Waals surface area (Å²) in [6, 6.07) is 3.77. The Labute approximate surface area is 117 Å². The molecule has 0 spiro atoms. The van der Waals surface area contributed by atoms with E-state index in [2.05, 4.69) is 0 Å². The molecule has 106 valence electrons. The van der Waals surface area contributed by atoms with Crippen molar-refractivity contribution < 1.29 is 18.3 Å². The number of hydrogen-bond acceptors (Lipinski definition) is 5. The third-order valence-corrected chi connectivity index (χ3v) is 4.30. The maximum absolute atomic E-state index is 11.1. The summed E-state index contributed by atoms with van der Waals surface area (Å²) in [7, 11) is -1.08. The van der Waals surface area contributed by atoms with Gasteiger partial charge in [0.25, 0.3) is 0 Å². The minimum atomic E-state index is -2.94. The summed E-state index contributed by atoms with van der Waals surface area (Å²) in [6.45, 7) is 1.14. The topological polar surface area (TPSA) is 74.7 Å². The van der Waals surface area contributed by atoms with Crippen molar-refractivity contribution in [3.63, 3.8) is 0 Å². The number of aliphatic carboxylic acids is 1. The Bertz CT molecular complexity index is 560. The summed E-state index contributed by atoms with van der Waals surface area (Å²) < 4.78 is 22.1. The van der Waals surface area contributed by atoms with Gasteiger partial charge in [-0.2, -0.15) is 0 Å². The van der Waals surface area contributed by atoms with Crippen LogP contribution in [0, 0.1) is 0 Å². The van der Waals surface area contributed by atoms with E-state index in [9.17, 15) is 13.2 Å². The minimum absolute atomic E-state index is 0.140. The largest absolute Gasteiger partial charge is 0.478 e. The molecule has 0 saturated carbocycles. The summed E-state index contributed by atoms with van der Waals surface area (Å²) in [5.74, 6) is -0.832. The predicted octanol–water partition coefficient (Wildman–Crippen LogP) is 1.32. The Balaban J connectivity index is 2.51. The van der Waals surface area contributed by atoms with Crippen LogP contribution in [-0.2, 0) is 21.2 Å². The Morgan fingerprint density at radius 1 is 1.47 bits per heavy atom. The number of carboxylic acid groups (broad SMARTS) is 1. The van der Waals surface area contributed by atoms with Gasteiger partial charge in [0, 0.05) is 35.2 Å². The highest BCUT2D eigenvalue weighted by Crippen LogP contribution is 2.19. The van der Waals surface area contributed by atoms with E-state index in [0.29, 0.717) is 13.1 Å². The number of hydrogen-bond donors (Lipinski definition) is 1. The lowest BCUT2D eigenvalue weighted by Crippen LogP contribution is -2.24. The normalized spacial score (nSPS) is 12.4. The Morgan fingerprint density at radius 2 is 2.16 bits per heavy atom. The number of carbonyl (C=O) groups is 1. The molecule has 1 aromatic rings. The van der Waals surface area contributed by atoms with E-state index in [4.69, 9.17) is 5.11 Å². The zero-order valence-corrected chi connectivity index (χ0v) is 12.5. The second-order valence-corrected chi connectivity index (χ2v) is 7.80. The van der Waals surface area contributed by atoms with Gasteiger partial charge in [0.2, 0.25) is 0 Å². The molecule has 0 bridgehead atoms. The van der Waals surface area contributed by atoms with Crippen LogP contribution in [0.2, 0.25) is 0 Å². The average Bonchev–Trinajstić information content (AvgIpc) is 2.70. The summed E-state index contributed by atoms with van der Waals surface area (Å²) in [6.07, 6.45) is 3.87. The van der Waals surface area contributed by atoms with Crippen LogP contribution in [0.1, 0.15) is 9.75 Å². The molecule has 0 aliphatic heterocycles. The first-order valence-electron chi connectivity index (χ1n) is 5.62. The molecule has 0 aromatic carbocycles. The van der Waals surface area contributed by atoms with Crippen LogP contribution in [0.15, 0.2) is 18.2 Å². The van der Waals surface area contributed by atoms with E-state index in [1.54, 1.807) is 6.08 Å². The van der Waals surface area contributed by atoms with E-state index in [1.165, 1.54) is 17.6 Å². The van der Waals surface area contributed by atoms with Gasteiger partial charge in [0.15, 0.2) is 0 Å². The van der Waals surface area contributed by atoms with Gasteiger partial charge in [-0.05, 0) is 25.3 Å². The van der Waals surface area contributed by atoms with Gasteiger partial charge in [-0.15, -0.1) is 11.3 Å². The summed E-state index contributed by atoms with van der Waals surface area (Å²) in [5, 5.41) is 8.53. The molecule has 19 heavy (non-hydrogen) atoms. The molecule has 0 aliphatic rings. The Kier molecular flexibility index (Phi) is 5.71. The van der Waals surface area contributed by atoms with Crippen molar-refractivity contribution in [3.05, 3.63) is 28.0 Å². The lowest BCUT2D eigenvalue weighted by molar-refractivity contribution is -0.131. The van der Waals surface area contributed by atoms with E-state index >= 15 is 0 Å². The van der Waals surface area contributed by atoms with Gasteiger partial charge in [-0.25, -0.2) is 13.2 Å². The fraction of sp³-hybridized carbons (Fsp3) is 0.417. The van der Waals surface area contributed by atoms with E-state index in [-0.39, 0.29) is 5.75 Å². The van der Waals surface area contributed by atoms with Gasteiger partial charge in [-0.1, -0.05) is 0 Å². The lowest BCUT2D eigenvalue weighted by Gasteiger charge is -2.14. The molecule has 0 radical (unpaired) electrons. The van der Waals surface area contributed by atoms with E-state index < -0.39 is 15.8 Å². The monoisotopic (exact) mass is 303 g/mol. The molecule has 1 aromatic heterocycles.